The Hall–Kier alpha value is -2.43. The smallest absolute Gasteiger partial charge is 0.306 e. The highest BCUT2D eigenvalue weighted by molar-refractivity contribution is 5.99. The second-order valence-electron chi connectivity index (χ2n) is 8.72. The van der Waals surface area contributed by atoms with Crippen LogP contribution in [0.25, 0.3) is 0 Å². The molecule has 1 heterocycles. The van der Waals surface area contributed by atoms with Crippen LogP contribution in [0.1, 0.15) is 59.4 Å². The number of esters is 1. The number of ether oxygens (including phenoxy) is 1. The molecule has 4 rings (SSSR count). The number of fused-ring (bicyclic) bond motifs is 2. The van der Waals surface area contributed by atoms with Gasteiger partial charge in [-0.2, -0.15) is 0 Å². The molecular formula is C24H28FNO3. The summed E-state index contributed by atoms with van der Waals surface area (Å²) in [6.45, 7) is 4.19. The summed E-state index contributed by atoms with van der Waals surface area (Å²) < 4.78 is 20.5. The van der Waals surface area contributed by atoms with E-state index in [1.54, 1.807) is 12.1 Å². The lowest BCUT2D eigenvalue weighted by atomic mass is 9.86. The fourth-order valence-electron chi connectivity index (χ4n) is 5.22. The third-order valence-corrected chi connectivity index (χ3v) is 6.81. The maximum Gasteiger partial charge on any atom is 0.306 e. The first-order chi connectivity index (χ1) is 13.9. The van der Waals surface area contributed by atoms with Crippen molar-refractivity contribution >= 4 is 11.8 Å². The zero-order valence-corrected chi connectivity index (χ0v) is 17.1. The first-order valence-corrected chi connectivity index (χ1v) is 10.5. The number of aromatic nitrogens is 1. The Morgan fingerprint density at radius 1 is 1.14 bits per heavy atom. The topological polar surface area (TPSA) is 48.3 Å². The summed E-state index contributed by atoms with van der Waals surface area (Å²) in [6, 6.07) is 8.20. The summed E-state index contributed by atoms with van der Waals surface area (Å²) >= 11 is 0. The molecule has 1 aromatic heterocycles. The normalized spacial score (nSPS) is 22.8. The number of Topliss-reactive ketones (excluding diaryl/α,β-unsaturated/α-hetero) is 1. The highest BCUT2D eigenvalue weighted by Crippen LogP contribution is 2.49. The minimum Gasteiger partial charge on any atom is -0.457 e. The van der Waals surface area contributed by atoms with Gasteiger partial charge in [-0.15, -0.1) is 0 Å². The molecule has 0 unspecified atom stereocenters. The second-order valence-corrected chi connectivity index (χ2v) is 8.72. The van der Waals surface area contributed by atoms with Crippen LogP contribution >= 0.6 is 0 Å². The van der Waals surface area contributed by atoms with Crippen molar-refractivity contribution in [3.8, 4) is 0 Å². The lowest BCUT2D eigenvalue weighted by Gasteiger charge is -2.20. The summed E-state index contributed by atoms with van der Waals surface area (Å²) in [5.41, 5.74) is 3.33. The lowest BCUT2D eigenvalue weighted by molar-refractivity contribution is -0.144. The molecule has 0 radical (unpaired) electrons. The molecule has 2 aromatic rings. The maximum atomic E-state index is 13.1. The van der Waals surface area contributed by atoms with Gasteiger partial charge in [0.15, 0.2) is 6.61 Å². The number of hydrogen-bond acceptors (Lipinski definition) is 3. The number of carbonyl (C=O) groups is 2. The van der Waals surface area contributed by atoms with Gasteiger partial charge in [0, 0.05) is 29.9 Å². The van der Waals surface area contributed by atoms with Gasteiger partial charge in [-0.05, 0) is 74.6 Å². The van der Waals surface area contributed by atoms with Crippen molar-refractivity contribution in [1.82, 2.24) is 4.57 Å². The van der Waals surface area contributed by atoms with Crippen molar-refractivity contribution in [3.63, 3.8) is 0 Å². The first kappa shape index (κ1) is 19.9. The van der Waals surface area contributed by atoms with E-state index in [4.69, 9.17) is 4.74 Å². The van der Waals surface area contributed by atoms with E-state index >= 15 is 0 Å². The summed E-state index contributed by atoms with van der Waals surface area (Å²) in [6.07, 6.45) is 5.39. The summed E-state index contributed by atoms with van der Waals surface area (Å²) in [5, 5.41) is 0. The number of hydrogen-bond donors (Lipinski definition) is 0. The molecule has 5 heteroatoms. The second kappa shape index (κ2) is 8.13. The van der Waals surface area contributed by atoms with Crippen molar-refractivity contribution in [3.05, 3.63) is 58.7 Å². The molecule has 0 aliphatic heterocycles. The zero-order chi connectivity index (χ0) is 20.5. The van der Waals surface area contributed by atoms with E-state index in [0.717, 1.165) is 29.3 Å². The Balaban J connectivity index is 1.34. The van der Waals surface area contributed by atoms with E-state index in [1.165, 1.54) is 31.4 Å². The van der Waals surface area contributed by atoms with Crippen LogP contribution in [-0.4, -0.2) is 22.9 Å². The van der Waals surface area contributed by atoms with Crippen LogP contribution in [0.2, 0.25) is 0 Å². The molecular weight excluding hydrogens is 369 g/mol. The summed E-state index contributed by atoms with van der Waals surface area (Å²) in [5.74, 6) is 1.22. The third-order valence-electron chi connectivity index (χ3n) is 6.81. The number of rotatable bonds is 7. The molecule has 4 nitrogen and oxygen atoms in total. The molecule has 1 aromatic carbocycles. The molecule has 0 saturated heterocycles. The molecule has 154 valence electrons. The summed E-state index contributed by atoms with van der Waals surface area (Å²) in [4.78, 5) is 24.9. The Bertz CT molecular complexity index is 915. The van der Waals surface area contributed by atoms with Crippen molar-refractivity contribution in [1.29, 1.82) is 0 Å². The monoisotopic (exact) mass is 397 g/mol. The number of ketones is 1. The van der Waals surface area contributed by atoms with Crippen LogP contribution in [-0.2, 0) is 16.1 Å². The Labute approximate surface area is 171 Å². The molecule has 2 aliphatic rings. The van der Waals surface area contributed by atoms with Crippen LogP contribution in [0.15, 0.2) is 30.3 Å². The average molecular weight is 397 g/mol. The van der Waals surface area contributed by atoms with E-state index in [-0.39, 0.29) is 24.2 Å². The van der Waals surface area contributed by atoms with Crippen LogP contribution in [0.5, 0.6) is 0 Å². The third kappa shape index (κ3) is 4.29. The molecule has 2 aliphatic carbocycles. The van der Waals surface area contributed by atoms with Gasteiger partial charge in [-0.25, -0.2) is 4.39 Å². The molecule has 3 atom stereocenters. The van der Waals surface area contributed by atoms with Crippen LogP contribution < -0.4 is 0 Å². The molecule has 0 N–H and O–H groups in total. The van der Waals surface area contributed by atoms with Crippen LogP contribution in [0.3, 0.4) is 0 Å². The fourth-order valence-corrected chi connectivity index (χ4v) is 5.22. The van der Waals surface area contributed by atoms with E-state index in [1.807, 2.05) is 24.5 Å². The lowest BCUT2D eigenvalue weighted by Crippen LogP contribution is -2.20. The number of benzene rings is 1. The predicted octanol–water partition coefficient (Wildman–Crippen LogP) is 4.84. The van der Waals surface area contributed by atoms with Gasteiger partial charge in [0.25, 0.3) is 0 Å². The molecule has 0 amide bonds. The van der Waals surface area contributed by atoms with E-state index in [9.17, 15) is 14.0 Å². The molecule has 2 saturated carbocycles. The Kier molecular flexibility index (Phi) is 5.57. The number of nitrogens with zero attached hydrogens (tertiary/aromatic N) is 1. The predicted molar refractivity (Wildman–Crippen MR) is 108 cm³/mol. The molecule has 29 heavy (non-hydrogen) atoms. The largest absolute Gasteiger partial charge is 0.457 e. The van der Waals surface area contributed by atoms with Gasteiger partial charge in [-0.3, -0.25) is 9.59 Å². The van der Waals surface area contributed by atoms with Crippen LogP contribution in [0, 0.1) is 37.4 Å². The van der Waals surface area contributed by atoms with Crippen molar-refractivity contribution in [2.24, 2.45) is 17.8 Å². The standard InChI is InChI=1S/C24H28FNO3/c1-15-9-22(16(2)26(15)13-17-4-7-21(25)8-5-17)23(27)14-29-24(28)12-20-11-18-3-6-19(20)10-18/h4-5,7-9,18-20H,3,6,10-14H2,1-2H3/t18-,19+,20+/m0/s1. The van der Waals surface area contributed by atoms with Gasteiger partial charge in [0.2, 0.25) is 5.78 Å². The Morgan fingerprint density at radius 2 is 1.90 bits per heavy atom. The minimum absolute atomic E-state index is 0.176. The SMILES string of the molecule is Cc1cc(C(=O)COC(=O)C[C@H]2C[C@H]3CC[C@@H]2C3)c(C)n1Cc1ccc(F)cc1. The van der Waals surface area contributed by atoms with Crippen molar-refractivity contribution in [2.75, 3.05) is 6.61 Å². The summed E-state index contributed by atoms with van der Waals surface area (Å²) in [7, 11) is 0. The zero-order valence-electron chi connectivity index (χ0n) is 17.1. The highest BCUT2D eigenvalue weighted by Gasteiger charge is 2.40. The fraction of sp³-hybridized carbons (Fsp3) is 0.500. The van der Waals surface area contributed by atoms with Crippen molar-refractivity contribution < 1.29 is 18.7 Å². The molecule has 0 spiro atoms. The number of carbonyl (C=O) groups excluding carboxylic acids is 2. The number of aryl methyl sites for hydroxylation is 1. The Morgan fingerprint density at radius 3 is 2.55 bits per heavy atom. The first-order valence-electron chi connectivity index (χ1n) is 10.5. The van der Waals surface area contributed by atoms with Gasteiger partial charge in [0.05, 0.1) is 0 Å². The highest BCUT2D eigenvalue weighted by atomic mass is 19.1. The number of halogens is 1. The minimum atomic E-state index is -0.266. The van der Waals surface area contributed by atoms with Gasteiger partial charge in [-0.1, -0.05) is 18.6 Å². The van der Waals surface area contributed by atoms with Gasteiger partial charge in [0.1, 0.15) is 5.82 Å². The van der Waals surface area contributed by atoms with E-state index in [0.29, 0.717) is 30.4 Å². The van der Waals surface area contributed by atoms with Crippen LogP contribution in [0.4, 0.5) is 4.39 Å². The quantitative estimate of drug-likeness (QED) is 0.496. The molecule has 2 fully saturated rings. The average Bonchev–Trinajstić information content (AvgIpc) is 3.38. The van der Waals surface area contributed by atoms with Gasteiger partial charge < -0.3 is 9.30 Å². The molecule has 2 bridgehead atoms. The van der Waals surface area contributed by atoms with Gasteiger partial charge >= 0.3 is 5.97 Å². The van der Waals surface area contributed by atoms with E-state index < -0.39 is 0 Å². The maximum absolute atomic E-state index is 13.1. The van der Waals surface area contributed by atoms with Crippen molar-refractivity contribution in [2.45, 2.75) is 52.5 Å². The van der Waals surface area contributed by atoms with E-state index in [2.05, 4.69) is 0 Å².